The number of hydrogen-bond donors (Lipinski definition) is 2. The van der Waals surface area contributed by atoms with Gasteiger partial charge in [0.05, 0.1) is 25.2 Å². The standard InChI is InChI=1S/C17H23N5O4S/c1-25-14-2-4-15(5-3-14)27(23,24)21-17-7-6-16(19-20-17)18-8-9-22-10-12-26-13-11-22/h2-7H,8-13H2,1H3,(H,18,19)(H,20,21). The predicted octanol–water partition coefficient (Wildman–Crippen LogP) is 1.03. The summed E-state index contributed by atoms with van der Waals surface area (Å²) in [6.07, 6.45) is 0. The molecule has 0 unspecified atom stereocenters. The van der Waals surface area contributed by atoms with Crippen molar-refractivity contribution in [2.24, 2.45) is 0 Å². The molecule has 0 bridgehead atoms. The molecule has 3 rings (SSSR count). The molecule has 146 valence electrons. The Bertz CT molecular complexity index is 821. The van der Waals surface area contributed by atoms with Crippen molar-refractivity contribution in [1.29, 1.82) is 0 Å². The number of nitrogens with zero attached hydrogens (tertiary/aromatic N) is 3. The Kier molecular flexibility index (Phi) is 6.43. The summed E-state index contributed by atoms with van der Waals surface area (Å²) in [4.78, 5) is 2.43. The lowest BCUT2D eigenvalue weighted by Gasteiger charge is -2.26. The molecule has 1 saturated heterocycles. The van der Waals surface area contributed by atoms with Gasteiger partial charge >= 0.3 is 0 Å². The van der Waals surface area contributed by atoms with Gasteiger partial charge in [0.15, 0.2) is 5.82 Å². The highest BCUT2D eigenvalue weighted by Crippen LogP contribution is 2.18. The maximum atomic E-state index is 12.4. The Morgan fingerprint density at radius 1 is 1.07 bits per heavy atom. The van der Waals surface area contributed by atoms with Crippen molar-refractivity contribution in [3.63, 3.8) is 0 Å². The first kappa shape index (κ1) is 19.3. The fraction of sp³-hybridized carbons (Fsp3) is 0.412. The zero-order chi connectivity index (χ0) is 19.1. The highest BCUT2D eigenvalue weighted by Gasteiger charge is 2.15. The zero-order valence-corrected chi connectivity index (χ0v) is 15.9. The third kappa shape index (κ3) is 5.52. The number of aromatic nitrogens is 2. The lowest BCUT2D eigenvalue weighted by molar-refractivity contribution is 0.0398. The van der Waals surface area contributed by atoms with E-state index < -0.39 is 10.0 Å². The van der Waals surface area contributed by atoms with Crippen LogP contribution in [0.25, 0.3) is 0 Å². The summed E-state index contributed by atoms with van der Waals surface area (Å²) in [6, 6.07) is 9.37. The van der Waals surface area contributed by atoms with E-state index >= 15 is 0 Å². The molecule has 10 heteroatoms. The van der Waals surface area contributed by atoms with E-state index in [1.165, 1.54) is 19.2 Å². The van der Waals surface area contributed by atoms with Crippen molar-refractivity contribution in [2.75, 3.05) is 56.5 Å². The van der Waals surface area contributed by atoms with Crippen LogP contribution in [0.5, 0.6) is 5.75 Å². The molecule has 1 fully saturated rings. The van der Waals surface area contributed by atoms with Crippen LogP contribution in [0, 0.1) is 0 Å². The summed E-state index contributed by atoms with van der Waals surface area (Å²) in [5.41, 5.74) is 0. The van der Waals surface area contributed by atoms with Gasteiger partial charge in [-0.05, 0) is 36.4 Å². The van der Waals surface area contributed by atoms with Gasteiger partial charge in [0.25, 0.3) is 10.0 Å². The number of methoxy groups -OCH3 is 1. The summed E-state index contributed by atoms with van der Waals surface area (Å²) in [7, 11) is -2.21. The van der Waals surface area contributed by atoms with Gasteiger partial charge in [-0.1, -0.05) is 0 Å². The molecule has 1 aromatic carbocycles. The van der Waals surface area contributed by atoms with Crippen LogP contribution in [0.4, 0.5) is 11.6 Å². The number of ether oxygens (including phenoxy) is 2. The second-order valence-electron chi connectivity index (χ2n) is 5.97. The van der Waals surface area contributed by atoms with Gasteiger partial charge in [0, 0.05) is 26.2 Å². The van der Waals surface area contributed by atoms with Crippen LogP contribution in [-0.2, 0) is 14.8 Å². The van der Waals surface area contributed by atoms with Crippen molar-refractivity contribution in [3.8, 4) is 5.75 Å². The molecule has 0 amide bonds. The fourth-order valence-electron chi connectivity index (χ4n) is 2.60. The number of morpholine rings is 1. The summed E-state index contributed by atoms with van der Waals surface area (Å²) in [6.45, 7) is 5.01. The van der Waals surface area contributed by atoms with Gasteiger partial charge in [0.1, 0.15) is 11.6 Å². The molecule has 0 atom stereocenters. The summed E-state index contributed by atoms with van der Waals surface area (Å²) in [5.74, 6) is 1.33. The Morgan fingerprint density at radius 2 is 1.74 bits per heavy atom. The van der Waals surface area contributed by atoms with Crippen molar-refractivity contribution in [1.82, 2.24) is 15.1 Å². The summed E-state index contributed by atoms with van der Waals surface area (Å²) < 4.78 is 37.5. The first-order valence-corrected chi connectivity index (χ1v) is 10.1. The van der Waals surface area contributed by atoms with Crippen molar-refractivity contribution in [3.05, 3.63) is 36.4 Å². The minimum Gasteiger partial charge on any atom is -0.497 e. The number of rotatable bonds is 8. The molecule has 0 saturated carbocycles. The lowest BCUT2D eigenvalue weighted by atomic mass is 10.3. The predicted molar refractivity (Wildman–Crippen MR) is 102 cm³/mol. The monoisotopic (exact) mass is 393 g/mol. The number of nitrogens with one attached hydrogen (secondary N) is 2. The molecular weight excluding hydrogens is 370 g/mol. The number of benzene rings is 1. The lowest BCUT2D eigenvalue weighted by Crippen LogP contribution is -2.39. The molecule has 1 aliphatic rings. The molecular formula is C17H23N5O4S. The summed E-state index contributed by atoms with van der Waals surface area (Å²) >= 11 is 0. The van der Waals surface area contributed by atoms with Crippen LogP contribution >= 0.6 is 0 Å². The molecule has 0 spiro atoms. The van der Waals surface area contributed by atoms with Gasteiger partial charge in [-0.3, -0.25) is 9.62 Å². The third-order valence-corrected chi connectivity index (χ3v) is 5.48. The smallest absolute Gasteiger partial charge is 0.263 e. The fourth-order valence-corrected chi connectivity index (χ4v) is 3.60. The second kappa shape index (κ2) is 8.98. The number of anilines is 2. The summed E-state index contributed by atoms with van der Waals surface area (Å²) in [5, 5.41) is 11.1. The van der Waals surface area contributed by atoms with Crippen molar-refractivity contribution >= 4 is 21.7 Å². The highest BCUT2D eigenvalue weighted by atomic mass is 32.2. The Balaban J connectivity index is 1.53. The van der Waals surface area contributed by atoms with Crippen LogP contribution < -0.4 is 14.8 Å². The largest absolute Gasteiger partial charge is 0.497 e. The van der Waals surface area contributed by atoms with Crippen LogP contribution in [0.2, 0.25) is 0 Å². The molecule has 0 aliphatic carbocycles. The SMILES string of the molecule is COc1ccc(S(=O)(=O)Nc2ccc(NCCN3CCOCC3)nn2)cc1. The average Bonchev–Trinajstić information content (AvgIpc) is 2.70. The zero-order valence-electron chi connectivity index (χ0n) is 15.1. The molecule has 27 heavy (non-hydrogen) atoms. The Labute approximate surface area is 158 Å². The van der Waals surface area contributed by atoms with Crippen LogP contribution in [0.3, 0.4) is 0 Å². The second-order valence-corrected chi connectivity index (χ2v) is 7.65. The van der Waals surface area contributed by atoms with E-state index in [4.69, 9.17) is 9.47 Å². The maximum Gasteiger partial charge on any atom is 0.263 e. The number of sulfonamides is 1. The van der Waals surface area contributed by atoms with Crippen LogP contribution in [-0.4, -0.2) is 70.0 Å². The van der Waals surface area contributed by atoms with E-state index in [1.807, 2.05) is 0 Å². The maximum absolute atomic E-state index is 12.4. The normalized spacial score (nSPS) is 15.3. The van der Waals surface area contributed by atoms with Gasteiger partial charge in [-0.15, -0.1) is 10.2 Å². The quantitative estimate of drug-likeness (QED) is 0.685. The van der Waals surface area contributed by atoms with Gasteiger partial charge in [-0.25, -0.2) is 8.42 Å². The minimum atomic E-state index is -3.73. The molecule has 2 N–H and O–H groups in total. The van der Waals surface area contributed by atoms with Crippen molar-refractivity contribution in [2.45, 2.75) is 4.90 Å². The Morgan fingerprint density at radius 3 is 2.37 bits per heavy atom. The van der Waals surface area contributed by atoms with E-state index in [1.54, 1.807) is 24.3 Å². The van der Waals surface area contributed by atoms with Gasteiger partial charge in [-0.2, -0.15) is 0 Å². The topological polar surface area (TPSA) is 106 Å². The minimum absolute atomic E-state index is 0.123. The van der Waals surface area contributed by atoms with Crippen LogP contribution in [0.15, 0.2) is 41.3 Å². The molecule has 1 aliphatic heterocycles. The third-order valence-electron chi connectivity index (χ3n) is 4.11. The van der Waals surface area contributed by atoms with Crippen LogP contribution in [0.1, 0.15) is 0 Å². The molecule has 2 heterocycles. The van der Waals surface area contributed by atoms with Crippen molar-refractivity contribution < 1.29 is 17.9 Å². The van der Waals surface area contributed by atoms with Gasteiger partial charge in [0.2, 0.25) is 0 Å². The van der Waals surface area contributed by atoms with E-state index in [-0.39, 0.29) is 10.7 Å². The molecule has 9 nitrogen and oxygen atoms in total. The molecule has 1 aromatic heterocycles. The Hall–Kier alpha value is -2.43. The van der Waals surface area contributed by atoms with E-state index in [9.17, 15) is 8.42 Å². The van der Waals surface area contributed by atoms with Gasteiger partial charge < -0.3 is 14.8 Å². The average molecular weight is 393 g/mol. The number of hydrogen-bond acceptors (Lipinski definition) is 8. The molecule has 2 aromatic rings. The first-order chi connectivity index (χ1) is 13.1. The van der Waals surface area contributed by atoms with E-state index in [0.717, 1.165) is 39.4 Å². The van der Waals surface area contributed by atoms with E-state index in [2.05, 4.69) is 25.1 Å². The highest BCUT2D eigenvalue weighted by molar-refractivity contribution is 7.92. The van der Waals surface area contributed by atoms with E-state index in [0.29, 0.717) is 11.6 Å². The first-order valence-electron chi connectivity index (χ1n) is 8.61. The molecule has 0 radical (unpaired) electrons.